The van der Waals surface area contributed by atoms with Crippen molar-refractivity contribution in [1.29, 1.82) is 0 Å². The number of rotatable bonds is 3. The Hall–Kier alpha value is -1.89. The van der Waals surface area contributed by atoms with Gasteiger partial charge in [-0.1, -0.05) is 24.1 Å². The minimum absolute atomic E-state index is 0.234. The molecule has 5 rings (SSSR count). The summed E-state index contributed by atoms with van der Waals surface area (Å²) in [5.74, 6) is 2.77. The molecule has 160 valence electrons. The molecule has 5 atom stereocenters. The van der Waals surface area contributed by atoms with Crippen molar-refractivity contribution >= 4 is 33.2 Å². The Morgan fingerprint density at radius 1 is 1.13 bits per heavy atom. The van der Waals surface area contributed by atoms with E-state index in [2.05, 4.69) is 24.1 Å². The lowest BCUT2D eigenvalue weighted by atomic mass is 9.90. The third-order valence-electron chi connectivity index (χ3n) is 6.09. The lowest BCUT2D eigenvalue weighted by Gasteiger charge is -2.45. The second kappa shape index (κ2) is 7.91. The molecule has 0 bridgehead atoms. The summed E-state index contributed by atoms with van der Waals surface area (Å²) < 4.78 is 7.24. The van der Waals surface area contributed by atoms with E-state index in [1.807, 2.05) is 24.3 Å². The molecule has 5 nitrogen and oxygen atoms in total. The Morgan fingerprint density at radius 2 is 1.94 bits per heavy atom. The lowest BCUT2D eigenvalue weighted by Crippen LogP contribution is -2.58. The molecule has 3 heterocycles. The van der Waals surface area contributed by atoms with Crippen molar-refractivity contribution in [2.45, 2.75) is 41.5 Å². The van der Waals surface area contributed by atoms with E-state index in [9.17, 15) is 20.4 Å². The minimum Gasteiger partial charge on any atom is -0.395 e. The highest BCUT2D eigenvalue weighted by atomic mass is 32.2. The number of benzene rings is 2. The Balaban J connectivity index is 1.57. The zero-order chi connectivity index (χ0) is 21.8. The molecule has 0 saturated carbocycles. The van der Waals surface area contributed by atoms with E-state index in [1.54, 1.807) is 11.3 Å². The summed E-state index contributed by atoms with van der Waals surface area (Å²) in [6, 6.07) is 14.2. The highest BCUT2D eigenvalue weighted by molar-refractivity contribution is 8.00. The molecular weight excluding hydrogens is 432 g/mol. The molecule has 2 aliphatic heterocycles. The van der Waals surface area contributed by atoms with Gasteiger partial charge in [0.1, 0.15) is 12.2 Å². The van der Waals surface area contributed by atoms with Gasteiger partial charge in [0.15, 0.2) is 4.93 Å². The zero-order valence-corrected chi connectivity index (χ0v) is 18.2. The highest BCUT2D eigenvalue weighted by Crippen LogP contribution is 2.54. The molecule has 0 amide bonds. The van der Waals surface area contributed by atoms with Gasteiger partial charge in [-0.05, 0) is 40.8 Å². The molecule has 7 heteroatoms. The van der Waals surface area contributed by atoms with Gasteiger partial charge in [-0.15, -0.1) is 29.5 Å². The minimum atomic E-state index is -1.43. The molecule has 0 unspecified atom stereocenters. The van der Waals surface area contributed by atoms with Gasteiger partial charge in [0.05, 0.1) is 24.6 Å². The van der Waals surface area contributed by atoms with Gasteiger partial charge in [-0.3, -0.25) is 0 Å². The van der Waals surface area contributed by atoms with Crippen LogP contribution in [0, 0.1) is 12.3 Å². The Bertz CT molecular complexity index is 1150. The molecule has 1 fully saturated rings. The second-order valence-electron chi connectivity index (χ2n) is 7.96. The molecule has 2 aromatic carbocycles. The number of hydrogen-bond acceptors (Lipinski definition) is 7. The summed E-state index contributed by atoms with van der Waals surface area (Å²) in [5.41, 5.74) is 3.29. The number of thiophene rings is 1. The summed E-state index contributed by atoms with van der Waals surface area (Å²) in [5, 5.41) is 41.8. The maximum Gasteiger partial charge on any atom is 0.168 e. The average Bonchev–Trinajstić information content (AvgIpc) is 3.35. The third-order valence-corrected chi connectivity index (χ3v) is 8.87. The van der Waals surface area contributed by atoms with E-state index >= 15 is 0 Å². The predicted octanol–water partition coefficient (Wildman–Crippen LogP) is 2.35. The number of hydrogen-bond donors (Lipinski definition) is 4. The topological polar surface area (TPSA) is 90.2 Å². The number of aliphatic hydroxyl groups excluding tert-OH is 4. The van der Waals surface area contributed by atoms with Crippen molar-refractivity contribution in [2.75, 3.05) is 6.61 Å². The summed E-state index contributed by atoms with van der Waals surface area (Å²) in [6.07, 6.45) is 2.43. The molecule has 1 spiro atoms. The molecule has 1 aromatic heterocycles. The number of fused-ring (bicyclic) bond motifs is 3. The van der Waals surface area contributed by atoms with Crippen molar-refractivity contribution < 1.29 is 25.2 Å². The maximum atomic E-state index is 10.9. The van der Waals surface area contributed by atoms with Crippen LogP contribution in [0.2, 0.25) is 0 Å². The summed E-state index contributed by atoms with van der Waals surface area (Å²) in [7, 11) is 0. The largest absolute Gasteiger partial charge is 0.395 e. The molecule has 31 heavy (non-hydrogen) atoms. The standard InChI is InChI=1S/C24H22O5S2/c1-2-13-7-16-12-29-24(23(28)22(27)21(26)20(11-25)31-24)18(16)10-15(13)9-17-8-14-5-3-4-6-19(14)30-17/h1,3-8,10,20-23,25-28H,9,11-12H2/t20-,21-,22+,23-,24+/m1/s1. The first-order valence-corrected chi connectivity index (χ1v) is 11.7. The number of aliphatic hydroxyl groups is 4. The van der Waals surface area contributed by atoms with Crippen molar-refractivity contribution in [3.8, 4) is 12.3 Å². The molecule has 4 N–H and O–H groups in total. The normalized spacial score (nSPS) is 29.9. The fraction of sp³-hybridized carbons (Fsp3) is 0.333. The molecule has 1 saturated heterocycles. The first-order valence-electron chi connectivity index (χ1n) is 10.0. The number of terminal acetylenes is 1. The first kappa shape index (κ1) is 21.0. The Kier molecular flexibility index (Phi) is 5.35. The lowest BCUT2D eigenvalue weighted by molar-refractivity contribution is -0.147. The van der Waals surface area contributed by atoms with Crippen LogP contribution in [-0.4, -0.2) is 50.6 Å². The van der Waals surface area contributed by atoms with Crippen LogP contribution in [0.15, 0.2) is 42.5 Å². The van der Waals surface area contributed by atoms with Crippen LogP contribution in [0.5, 0.6) is 0 Å². The molecule has 3 aromatic rings. The SMILES string of the molecule is C#Cc1cc2c(cc1Cc1cc3ccccc3s1)[C@]1(OC2)S[C@H](CO)[C@@H](O)[C@H](O)[C@H]1O. The van der Waals surface area contributed by atoms with Crippen molar-refractivity contribution in [2.24, 2.45) is 0 Å². The van der Waals surface area contributed by atoms with Gasteiger partial charge in [-0.25, -0.2) is 0 Å². The van der Waals surface area contributed by atoms with Gasteiger partial charge in [-0.2, -0.15) is 0 Å². The maximum absolute atomic E-state index is 10.9. The van der Waals surface area contributed by atoms with Crippen LogP contribution < -0.4 is 0 Å². The fourth-order valence-corrected chi connectivity index (χ4v) is 7.11. The molecular formula is C24H22O5S2. The van der Waals surface area contributed by atoms with Gasteiger partial charge in [0.25, 0.3) is 0 Å². The van der Waals surface area contributed by atoms with Crippen LogP contribution in [0.4, 0.5) is 0 Å². The van der Waals surface area contributed by atoms with Gasteiger partial charge < -0.3 is 25.2 Å². The third kappa shape index (κ3) is 3.31. The predicted molar refractivity (Wildman–Crippen MR) is 122 cm³/mol. The molecule has 0 aliphatic carbocycles. The monoisotopic (exact) mass is 454 g/mol. The van der Waals surface area contributed by atoms with E-state index in [1.165, 1.54) is 15.0 Å². The molecule has 2 aliphatic rings. The number of ether oxygens (including phenoxy) is 1. The number of thioether (sulfide) groups is 1. The summed E-state index contributed by atoms with van der Waals surface area (Å²) in [6.45, 7) is -0.106. The van der Waals surface area contributed by atoms with Crippen LogP contribution in [0.25, 0.3) is 10.1 Å². The smallest absolute Gasteiger partial charge is 0.168 e. The average molecular weight is 455 g/mol. The van der Waals surface area contributed by atoms with Crippen LogP contribution in [0.3, 0.4) is 0 Å². The van der Waals surface area contributed by atoms with Crippen LogP contribution in [0.1, 0.15) is 27.1 Å². The summed E-state index contributed by atoms with van der Waals surface area (Å²) >= 11 is 2.87. The van der Waals surface area contributed by atoms with Crippen molar-refractivity contribution in [3.05, 3.63) is 69.6 Å². The quantitative estimate of drug-likeness (QED) is 0.455. The summed E-state index contributed by atoms with van der Waals surface area (Å²) in [4.78, 5) is -0.0881. The second-order valence-corrected chi connectivity index (χ2v) is 10.6. The van der Waals surface area contributed by atoms with E-state index in [4.69, 9.17) is 11.2 Å². The van der Waals surface area contributed by atoms with E-state index in [0.717, 1.165) is 34.0 Å². The van der Waals surface area contributed by atoms with Crippen LogP contribution >= 0.6 is 23.1 Å². The van der Waals surface area contributed by atoms with Gasteiger partial charge in [0.2, 0.25) is 0 Å². The van der Waals surface area contributed by atoms with E-state index < -0.39 is 28.5 Å². The van der Waals surface area contributed by atoms with E-state index in [0.29, 0.717) is 6.42 Å². The molecule has 0 radical (unpaired) electrons. The highest BCUT2D eigenvalue weighted by Gasteiger charge is 2.57. The zero-order valence-electron chi connectivity index (χ0n) is 16.6. The fourth-order valence-electron chi connectivity index (χ4n) is 4.47. The van der Waals surface area contributed by atoms with E-state index in [-0.39, 0.29) is 13.2 Å². The Labute approximate surface area is 188 Å². The van der Waals surface area contributed by atoms with Crippen molar-refractivity contribution in [3.63, 3.8) is 0 Å². The van der Waals surface area contributed by atoms with Crippen LogP contribution in [-0.2, 0) is 22.7 Å². The van der Waals surface area contributed by atoms with Crippen molar-refractivity contribution in [1.82, 2.24) is 0 Å². The van der Waals surface area contributed by atoms with Gasteiger partial charge in [0, 0.05) is 27.1 Å². The van der Waals surface area contributed by atoms with Gasteiger partial charge >= 0.3 is 0 Å². The Morgan fingerprint density at radius 3 is 2.68 bits per heavy atom. The first-order chi connectivity index (χ1) is 15.0.